The van der Waals surface area contributed by atoms with Crippen LogP contribution in [0.25, 0.3) is 0 Å². The van der Waals surface area contributed by atoms with Crippen molar-refractivity contribution in [1.82, 2.24) is 5.32 Å². The topological polar surface area (TPSA) is 64.3 Å². The average Bonchev–Trinajstić information content (AvgIpc) is 2.41. The lowest BCUT2D eigenvalue weighted by Crippen LogP contribution is -2.49. The molecule has 94 valence electrons. The Labute approximate surface area is 93.5 Å². The van der Waals surface area contributed by atoms with Crippen LogP contribution in [0, 0.1) is 0 Å². The Hall–Kier alpha value is -0.750. The molecule has 1 unspecified atom stereocenters. The third-order valence-electron chi connectivity index (χ3n) is 2.25. The molecular formula is C10H18F2N2O2. The highest BCUT2D eigenvalue weighted by Crippen LogP contribution is 2.26. The van der Waals surface area contributed by atoms with Gasteiger partial charge in [-0.25, -0.2) is 8.78 Å². The van der Waals surface area contributed by atoms with E-state index >= 15 is 0 Å². The summed E-state index contributed by atoms with van der Waals surface area (Å²) >= 11 is 0. The van der Waals surface area contributed by atoms with E-state index < -0.39 is 42.5 Å². The minimum Gasteiger partial charge on any atom is -0.459 e. The van der Waals surface area contributed by atoms with Crippen LogP contribution in [0.3, 0.4) is 0 Å². The second kappa shape index (κ2) is 4.25. The molecule has 1 fully saturated rings. The summed E-state index contributed by atoms with van der Waals surface area (Å²) in [5.41, 5.74) is 4.92. The fourth-order valence-electron chi connectivity index (χ4n) is 1.53. The van der Waals surface area contributed by atoms with E-state index in [0.29, 0.717) is 0 Å². The van der Waals surface area contributed by atoms with Gasteiger partial charge in [0, 0.05) is 12.5 Å². The predicted octanol–water partition coefficient (Wildman–Crippen LogP) is 0.653. The molecule has 4 nitrogen and oxygen atoms in total. The first-order valence-electron chi connectivity index (χ1n) is 5.20. The lowest BCUT2D eigenvalue weighted by Gasteiger charge is -2.24. The van der Waals surface area contributed by atoms with Gasteiger partial charge in [0.2, 0.25) is 0 Å². The van der Waals surface area contributed by atoms with Gasteiger partial charge in [-0.1, -0.05) is 0 Å². The molecule has 0 bridgehead atoms. The molecule has 0 aromatic carbocycles. The molecule has 3 N–H and O–H groups in total. The van der Waals surface area contributed by atoms with Crippen LogP contribution in [0.4, 0.5) is 8.78 Å². The number of carbonyl (C=O) groups excluding carboxylic acids is 1. The molecule has 16 heavy (non-hydrogen) atoms. The first kappa shape index (κ1) is 13.3. The van der Waals surface area contributed by atoms with Crippen molar-refractivity contribution in [3.05, 3.63) is 0 Å². The van der Waals surface area contributed by atoms with Gasteiger partial charge in [0.25, 0.3) is 5.92 Å². The molecule has 6 heteroatoms. The Morgan fingerprint density at radius 2 is 2.12 bits per heavy atom. The molecule has 0 amide bonds. The molecule has 0 aromatic rings. The molecule has 0 aliphatic carbocycles. The summed E-state index contributed by atoms with van der Waals surface area (Å²) in [5, 5.41) is 2.54. The molecule has 1 heterocycles. The number of rotatable bonds is 2. The number of carbonyl (C=O) groups is 1. The summed E-state index contributed by atoms with van der Waals surface area (Å²) in [5.74, 6) is -3.44. The Kier molecular flexibility index (Phi) is 3.54. The Morgan fingerprint density at radius 1 is 1.56 bits per heavy atom. The van der Waals surface area contributed by atoms with E-state index in [9.17, 15) is 13.6 Å². The van der Waals surface area contributed by atoms with Gasteiger partial charge in [-0.2, -0.15) is 0 Å². The van der Waals surface area contributed by atoms with Crippen LogP contribution in [0.1, 0.15) is 27.2 Å². The van der Waals surface area contributed by atoms with Crippen LogP contribution < -0.4 is 11.1 Å². The quantitative estimate of drug-likeness (QED) is 0.691. The SMILES string of the molecule is CC(C)(C)OC(=O)C(N)[C@@H]1CC(F)(F)CN1. The van der Waals surface area contributed by atoms with Gasteiger partial charge in [-0.05, 0) is 20.8 Å². The third kappa shape index (κ3) is 3.68. The number of halogens is 2. The van der Waals surface area contributed by atoms with Crippen molar-refractivity contribution in [3.8, 4) is 0 Å². The standard InChI is InChI=1S/C10H18F2N2O2/c1-9(2,3)16-8(15)7(13)6-4-10(11,12)5-14-6/h6-7,14H,4-5,13H2,1-3H3/t6-,7?/m0/s1. The molecule has 1 aliphatic rings. The van der Waals surface area contributed by atoms with Gasteiger partial charge in [0.1, 0.15) is 11.6 Å². The summed E-state index contributed by atoms with van der Waals surface area (Å²) in [6.07, 6.45) is -0.423. The lowest BCUT2D eigenvalue weighted by atomic mass is 10.1. The smallest absolute Gasteiger partial charge is 0.325 e. The Balaban J connectivity index is 2.52. The van der Waals surface area contributed by atoms with Gasteiger partial charge >= 0.3 is 5.97 Å². The second-order valence-corrected chi connectivity index (χ2v) is 5.11. The van der Waals surface area contributed by atoms with E-state index in [-0.39, 0.29) is 0 Å². The van der Waals surface area contributed by atoms with Crippen molar-refractivity contribution in [2.45, 2.75) is 50.8 Å². The van der Waals surface area contributed by atoms with Gasteiger partial charge in [-0.15, -0.1) is 0 Å². The zero-order valence-electron chi connectivity index (χ0n) is 9.72. The van der Waals surface area contributed by atoms with Crippen molar-refractivity contribution < 1.29 is 18.3 Å². The molecule has 1 saturated heterocycles. The van der Waals surface area contributed by atoms with Gasteiger partial charge in [-0.3, -0.25) is 4.79 Å². The van der Waals surface area contributed by atoms with Gasteiger partial charge in [0.05, 0.1) is 6.54 Å². The summed E-state index contributed by atoms with van der Waals surface area (Å²) < 4.78 is 30.8. The van der Waals surface area contributed by atoms with E-state index in [1.165, 1.54) is 0 Å². The molecule has 1 rings (SSSR count). The maximum atomic E-state index is 12.9. The van der Waals surface area contributed by atoms with Crippen LogP contribution in [0.5, 0.6) is 0 Å². The van der Waals surface area contributed by atoms with Crippen molar-refractivity contribution in [2.24, 2.45) is 5.73 Å². The van der Waals surface area contributed by atoms with E-state index in [0.717, 1.165) is 0 Å². The molecule has 0 aromatic heterocycles. The molecule has 0 spiro atoms. The summed E-state index contributed by atoms with van der Waals surface area (Å²) in [6.45, 7) is 4.67. The Morgan fingerprint density at radius 3 is 2.50 bits per heavy atom. The minimum absolute atomic E-state index is 0.423. The third-order valence-corrected chi connectivity index (χ3v) is 2.25. The number of esters is 1. The minimum atomic E-state index is -2.79. The summed E-state index contributed by atoms with van der Waals surface area (Å²) in [6, 6.07) is -1.77. The van der Waals surface area contributed by atoms with E-state index in [2.05, 4.69) is 5.32 Å². The molecule has 0 radical (unpaired) electrons. The van der Waals surface area contributed by atoms with Gasteiger partial charge < -0.3 is 15.8 Å². The van der Waals surface area contributed by atoms with E-state index in [1.54, 1.807) is 20.8 Å². The zero-order valence-corrected chi connectivity index (χ0v) is 9.72. The number of alkyl halides is 2. The lowest BCUT2D eigenvalue weighted by molar-refractivity contribution is -0.157. The van der Waals surface area contributed by atoms with E-state index in [4.69, 9.17) is 10.5 Å². The first-order valence-corrected chi connectivity index (χ1v) is 5.20. The monoisotopic (exact) mass is 236 g/mol. The summed E-state index contributed by atoms with van der Waals surface area (Å²) in [7, 11) is 0. The average molecular weight is 236 g/mol. The molecule has 2 atom stereocenters. The van der Waals surface area contributed by atoms with Crippen LogP contribution >= 0.6 is 0 Å². The summed E-state index contributed by atoms with van der Waals surface area (Å²) in [4.78, 5) is 11.5. The zero-order chi connectivity index (χ0) is 12.6. The highest BCUT2D eigenvalue weighted by molar-refractivity contribution is 5.77. The van der Waals surface area contributed by atoms with Crippen LogP contribution in [-0.4, -0.2) is 36.1 Å². The number of hydrogen-bond acceptors (Lipinski definition) is 4. The number of nitrogens with one attached hydrogen (secondary N) is 1. The molecular weight excluding hydrogens is 218 g/mol. The van der Waals surface area contributed by atoms with Gasteiger partial charge in [0.15, 0.2) is 0 Å². The largest absolute Gasteiger partial charge is 0.459 e. The number of nitrogens with two attached hydrogens (primary N) is 1. The normalized spacial score (nSPS) is 26.5. The maximum Gasteiger partial charge on any atom is 0.325 e. The van der Waals surface area contributed by atoms with Crippen molar-refractivity contribution in [1.29, 1.82) is 0 Å². The highest BCUT2D eigenvalue weighted by atomic mass is 19.3. The fourth-order valence-corrected chi connectivity index (χ4v) is 1.53. The van der Waals surface area contributed by atoms with E-state index in [1.807, 2.05) is 0 Å². The predicted molar refractivity (Wildman–Crippen MR) is 55.2 cm³/mol. The van der Waals surface area contributed by atoms with Crippen LogP contribution in [-0.2, 0) is 9.53 Å². The van der Waals surface area contributed by atoms with Crippen molar-refractivity contribution in [3.63, 3.8) is 0 Å². The van der Waals surface area contributed by atoms with Crippen LogP contribution in [0.15, 0.2) is 0 Å². The molecule has 0 saturated carbocycles. The number of hydrogen-bond donors (Lipinski definition) is 2. The Bertz CT molecular complexity index is 276. The highest BCUT2D eigenvalue weighted by Gasteiger charge is 2.44. The number of ether oxygens (including phenoxy) is 1. The fraction of sp³-hybridized carbons (Fsp3) is 0.900. The van der Waals surface area contributed by atoms with Crippen LogP contribution in [0.2, 0.25) is 0 Å². The second-order valence-electron chi connectivity index (χ2n) is 5.11. The van der Waals surface area contributed by atoms with Crippen molar-refractivity contribution in [2.75, 3.05) is 6.54 Å². The van der Waals surface area contributed by atoms with Crippen molar-refractivity contribution >= 4 is 5.97 Å². The maximum absolute atomic E-state index is 12.9. The first-order chi connectivity index (χ1) is 7.11. The molecule has 1 aliphatic heterocycles.